The Balaban J connectivity index is 2.93. The average Bonchev–Trinajstić information content (AvgIpc) is 2.12. The van der Waals surface area contributed by atoms with E-state index in [1.165, 1.54) is 0 Å². The van der Waals surface area contributed by atoms with E-state index in [1.807, 2.05) is 5.38 Å². The molecule has 3 heteroatoms. The van der Waals surface area contributed by atoms with Gasteiger partial charge in [0.25, 0.3) is 0 Å². The Kier molecular flexibility index (Phi) is 1.81. The number of nitrogens with zero attached hydrogens (tertiary/aromatic N) is 1. The number of thiazole rings is 1. The third-order valence-corrected chi connectivity index (χ3v) is 2.14. The van der Waals surface area contributed by atoms with E-state index in [1.54, 1.807) is 17.5 Å². The molecule has 42 valence electrons. The Labute approximate surface area is 60.2 Å². The highest BCUT2D eigenvalue weighted by Gasteiger charge is 1.93. The van der Waals surface area contributed by atoms with Crippen LogP contribution in [0.3, 0.4) is 0 Å². The van der Waals surface area contributed by atoms with Crippen molar-refractivity contribution in [2.75, 3.05) is 0 Å². The summed E-state index contributed by atoms with van der Waals surface area (Å²) in [5.41, 5.74) is 0. The minimum Gasteiger partial charge on any atom is -0.244 e. The Morgan fingerprint density at radius 1 is 1.88 bits per heavy atom. The molecule has 0 unspecified atom stereocenters. The molecule has 1 nitrogen and oxygen atoms in total. The zero-order chi connectivity index (χ0) is 5.98. The van der Waals surface area contributed by atoms with Gasteiger partial charge in [-0.05, 0) is 15.9 Å². The van der Waals surface area contributed by atoms with Crippen LogP contribution in [0.25, 0.3) is 4.48 Å². The zero-order valence-electron chi connectivity index (χ0n) is 4.10. The molecular weight excluding hydrogens is 186 g/mol. The van der Waals surface area contributed by atoms with Gasteiger partial charge in [-0.25, -0.2) is 4.98 Å². The zero-order valence-corrected chi connectivity index (χ0v) is 6.50. The van der Waals surface area contributed by atoms with E-state index in [0.29, 0.717) is 0 Å². The first-order chi connectivity index (χ1) is 3.80. The standard InChI is InChI=1S/C5H4BrNS/c1-4(6)5-7-2-3-8-5/h2-3H,1H2. The normalized spacial score (nSPS) is 9.12. The van der Waals surface area contributed by atoms with Crippen molar-refractivity contribution in [1.82, 2.24) is 4.98 Å². The highest BCUT2D eigenvalue weighted by atomic mass is 79.9. The predicted molar refractivity (Wildman–Crippen MR) is 40.1 cm³/mol. The summed E-state index contributed by atoms with van der Waals surface area (Å²) in [6.07, 6.45) is 1.76. The maximum atomic E-state index is 3.99. The lowest BCUT2D eigenvalue weighted by Crippen LogP contribution is -1.65. The molecule has 1 heterocycles. The first kappa shape index (κ1) is 5.98. The lowest BCUT2D eigenvalue weighted by Gasteiger charge is -1.82. The highest BCUT2D eigenvalue weighted by molar-refractivity contribution is 9.15. The highest BCUT2D eigenvalue weighted by Crippen LogP contribution is 2.19. The van der Waals surface area contributed by atoms with Crippen molar-refractivity contribution in [3.63, 3.8) is 0 Å². The first-order valence-corrected chi connectivity index (χ1v) is 3.72. The fourth-order valence-electron chi connectivity index (χ4n) is 0.357. The molecular formula is C5H4BrNS. The van der Waals surface area contributed by atoms with Crippen molar-refractivity contribution in [3.05, 3.63) is 23.2 Å². The van der Waals surface area contributed by atoms with Gasteiger partial charge in [0, 0.05) is 16.1 Å². The van der Waals surface area contributed by atoms with Gasteiger partial charge < -0.3 is 0 Å². The van der Waals surface area contributed by atoms with E-state index in [2.05, 4.69) is 27.5 Å². The van der Waals surface area contributed by atoms with Crippen LogP contribution in [0.1, 0.15) is 5.01 Å². The van der Waals surface area contributed by atoms with Gasteiger partial charge in [-0.15, -0.1) is 11.3 Å². The summed E-state index contributed by atoms with van der Waals surface area (Å²) >= 11 is 4.79. The second-order valence-corrected chi connectivity index (χ2v) is 3.09. The molecule has 0 saturated heterocycles. The number of aromatic nitrogens is 1. The van der Waals surface area contributed by atoms with Crippen LogP contribution in [0.4, 0.5) is 0 Å². The molecule has 0 aliphatic heterocycles. The summed E-state index contributed by atoms with van der Waals surface area (Å²) < 4.78 is 0.854. The Morgan fingerprint density at radius 2 is 2.62 bits per heavy atom. The molecule has 0 spiro atoms. The van der Waals surface area contributed by atoms with E-state index in [9.17, 15) is 0 Å². The lowest BCUT2D eigenvalue weighted by atomic mass is 10.7. The SMILES string of the molecule is C=C(Br)c1nccs1. The largest absolute Gasteiger partial charge is 0.244 e. The molecule has 0 radical (unpaired) electrons. The van der Waals surface area contributed by atoms with Crippen molar-refractivity contribution >= 4 is 31.7 Å². The van der Waals surface area contributed by atoms with Gasteiger partial charge in [0.1, 0.15) is 5.01 Å². The van der Waals surface area contributed by atoms with Crippen LogP contribution in [0.2, 0.25) is 0 Å². The fraction of sp³-hybridized carbons (Fsp3) is 0. The van der Waals surface area contributed by atoms with Crippen molar-refractivity contribution in [2.45, 2.75) is 0 Å². The topological polar surface area (TPSA) is 12.9 Å². The smallest absolute Gasteiger partial charge is 0.129 e. The molecule has 0 saturated carbocycles. The van der Waals surface area contributed by atoms with Crippen molar-refractivity contribution < 1.29 is 0 Å². The van der Waals surface area contributed by atoms with Crippen LogP contribution in [0.5, 0.6) is 0 Å². The van der Waals surface area contributed by atoms with Gasteiger partial charge in [0.15, 0.2) is 0 Å². The molecule has 1 rings (SSSR count). The molecule has 0 aliphatic carbocycles. The summed E-state index contributed by atoms with van der Waals surface area (Å²) in [4.78, 5) is 3.99. The predicted octanol–water partition coefficient (Wildman–Crippen LogP) is 2.51. The third-order valence-electron chi connectivity index (χ3n) is 0.664. The number of halogens is 1. The molecule has 0 aromatic carbocycles. The van der Waals surface area contributed by atoms with Crippen LogP contribution < -0.4 is 0 Å². The average molecular weight is 190 g/mol. The molecule has 8 heavy (non-hydrogen) atoms. The molecule has 1 aromatic rings. The van der Waals surface area contributed by atoms with Gasteiger partial charge in [0.05, 0.1) is 0 Å². The van der Waals surface area contributed by atoms with E-state index >= 15 is 0 Å². The fourth-order valence-corrected chi connectivity index (χ4v) is 1.24. The van der Waals surface area contributed by atoms with Gasteiger partial charge in [0.2, 0.25) is 0 Å². The number of hydrogen-bond donors (Lipinski definition) is 0. The van der Waals surface area contributed by atoms with E-state index in [4.69, 9.17) is 0 Å². The molecule has 0 aliphatic rings. The number of hydrogen-bond acceptors (Lipinski definition) is 2. The molecule has 0 atom stereocenters. The van der Waals surface area contributed by atoms with E-state index in [-0.39, 0.29) is 0 Å². The van der Waals surface area contributed by atoms with E-state index in [0.717, 1.165) is 9.49 Å². The van der Waals surface area contributed by atoms with E-state index < -0.39 is 0 Å². The van der Waals surface area contributed by atoms with Crippen LogP contribution in [0, 0.1) is 0 Å². The van der Waals surface area contributed by atoms with Crippen molar-refractivity contribution in [1.29, 1.82) is 0 Å². The summed E-state index contributed by atoms with van der Waals surface area (Å²) in [6, 6.07) is 0. The second kappa shape index (κ2) is 2.42. The van der Waals surface area contributed by atoms with Crippen LogP contribution in [0.15, 0.2) is 18.2 Å². The quantitative estimate of drug-likeness (QED) is 0.662. The van der Waals surface area contributed by atoms with Gasteiger partial charge in [-0.3, -0.25) is 0 Å². The minimum atomic E-state index is 0.854. The molecule has 0 fully saturated rings. The van der Waals surface area contributed by atoms with Crippen LogP contribution in [-0.4, -0.2) is 4.98 Å². The molecule has 1 aromatic heterocycles. The third kappa shape index (κ3) is 1.17. The minimum absolute atomic E-state index is 0.854. The summed E-state index contributed by atoms with van der Waals surface area (Å²) in [5, 5.41) is 2.87. The maximum Gasteiger partial charge on any atom is 0.129 e. The molecule has 0 bridgehead atoms. The lowest BCUT2D eigenvalue weighted by molar-refractivity contribution is 1.39. The Hall–Kier alpha value is -0.150. The van der Waals surface area contributed by atoms with Gasteiger partial charge in [-0.2, -0.15) is 0 Å². The van der Waals surface area contributed by atoms with Gasteiger partial charge in [-0.1, -0.05) is 6.58 Å². The van der Waals surface area contributed by atoms with Crippen LogP contribution >= 0.6 is 27.3 Å². The summed E-state index contributed by atoms with van der Waals surface area (Å²) in [7, 11) is 0. The summed E-state index contributed by atoms with van der Waals surface area (Å²) in [5.74, 6) is 0. The van der Waals surface area contributed by atoms with Crippen molar-refractivity contribution in [2.24, 2.45) is 0 Å². The summed E-state index contributed by atoms with van der Waals surface area (Å²) in [6.45, 7) is 3.66. The Bertz CT molecular complexity index is 180. The van der Waals surface area contributed by atoms with Crippen LogP contribution in [-0.2, 0) is 0 Å². The van der Waals surface area contributed by atoms with Crippen molar-refractivity contribution in [3.8, 4) is 0 Å². The number of rotatable bonds is 1. The van der Waals surface area contributed by atoms with Gasteiger partial charge >= 0.3 is 0 Å². The maximum absolute atomic E-state index is 3.99. The second-order valence-electron chi connectivity index (χ2n) is 1.24. The monoisotopic (exact) mass is 189 g/mol. The first-order valence-electron chi connectivity index (χ1n) is 2.05. The molecule has 0 N–H and O–H groups in total. The Morgan fingerprint density at radius 3 is 2.88 bits per heavy atom. The molecule has 0 amide bonds.